The summed E-state index contributed by atoms with van der Waals surface area (Å²) in [7, 11) is 1.82. The Hall–Kier alpha value is -1.97. The summed E-state index contributed by atoms with van der Waals surface area (Å²) in [5.41, 5.74) is 7.07. The van der Waals surface area contributed by atoms with E-state index in [1.807, 2.05) is 20.0 Å². The van der Waals surface area contributed by atoms with E-state index in [0.717, 1.165) is 26.7 Å². The molecule has 0 unspecified atom stereocenters. The third kappa shape index (κ3) is 4.84. The van der Waals surface area contributed by atoms with Gasteiger partial charge < -0.3 is 5.73 Å². The molecule has 2 aromatic heterocycles. The molecular weight excluding hydrogens is 479 g/mol. The zero-order chi connectivity index (χ0) is 22.1. The second-order valence-electron chi connectivity index (χ2n) is 7.13. The molecule has 0 aliphatic heterocycles. The van der Waals surface area contributed by atoms with Crippen molar-refractivity contribution in [3.05, 3.63) is 61.9 Å². The van der Waals surface area contributed by atoms with Crippen LogP contribution in [0, 0.1) is 12.8 Å². The van der Waals surface area contributed by atoms with E-state index in [2.05, 4.69) is 21.0 Å². The van der Waals surface area contributed by atoms with Crippen LogP contribution in [0.2, 0.25) is 0 Å². The lowest BCUT2D eigenvalue weighted by Gasteiger charge is -2.17. The first-order valence-electron chi connectivity index (χ1n) is 9.28. The molecule has 30 heavy (non-hydrogen) atoms. The molecule has 0 saturated carbocycles. The van der Waals surface area contributed by atoms with Gasteiger partial charge in [0, 0.05) is 23.9 Å². The van der Waals surface area contributed by atoms with Crippen molar-refractivity contribution in [1.29, 1.82) is 0 Å². The third-order valence-electron chi connectivity index (χ3n) is 4.98. The van der Waals surface area contributed by atoms with Crippen molar-refractivity contribution in [2.24, 2.45) is 18.7 Å². The average molecular weight is 500 g/mol. The zero-order valence-electron chi connectivity index (χ0n) is 16.5. The van der Waals surface area contributed by atoms with Gasteiger partial charge in [-0.2, -0.15) is 18.3 Å². The molecule has 160 valence electrons. The molecule has 9 heteroatoms. The van der Waals surface area contributed by atoms with Crippen LogP contribution in [-0.4, -0.2) is 22.1 Å². The van der Waals surface area contributed by atoms with E-state index >= 15 is 0 Å². The van der Waals surface area contributed by atoms with Crippen LogP contribution in [0.25, 0.3) is 11.3 Å². The number of nitrogens with zero attached hydrogens (tertiary/aromatic N) is 2. The van der Waals surface area contributed by atoms with Crippen molar-refractivity contribution in [3.63, 3.8) is 0 Å². The van der Waals surface area contributed by atoms with Crippen LogP contribution in [0.4, 0.5) is 13.2 Å². The van der Waals surface area contributed by atoms with Gasteiger partial charge in [-0.25, -0.2) is 0 Å². The van der Waals surface area contributed by atoms with Gasteiger partial charge in [0.2, 0.25) is 0 Å². The maximum atomic E-state index is 13.3. The monoisotopic (exact) mass is 499 g/mol. The summed E-state index contributed by atoms with van der Waals surface area (Å²) in [5.74, 6) is -0.497. The maximum Gasteiger partial charge on any atom is 0.416 e. The first kappa shape index (κ1) is 22.7. The molecule has 0 fully saturated rings. The molecule has 0 spiro atoms. The van der Waals surface area contributed by atoms with Gasteiger partial charge in [-0.3, -0.25) is 9.48 Å². The molecule has 0 aliphatic carbocycles. The van der Waals surface area contributed by atoms with Gasteiger partial charge in [-0.1, -0.05) is 18.2 Å². The zero-order valence-corrected chi connectivity index (χ0v) is 18.9. The molecular formula is C21H21BrF3N3OS. The molecule has 3 aromatic rings. The number of Topliss-reactive ketones (excluding diaryl/α,β-unsaturated/α-hetero) is 1. The number of thiophene rings is 1. The van der Waals surface area contributed by atoms with Crippen molar-refractivity contribution >= 4 is 33.0 Å². The number of alkyl halides is 3. The maximum absolute atomic E-state index is 13.3. The number of halogens is 4. The van der Waals surface area contributed by atoms with Gasteiger partial charge in [0.25, 0.3) is 0 Å². The molecule has 2 heterocycles. The number of carbonyl (C=O) groups excluding carboxylic acids is 1. The minimum atomic E-state index is -4.43. The van der Waals surface area contributed by atoms with Gasteiger partial charge in [0.15, 0.2) is 5.78 Å². The van der Waals surface area contributed by atoms with Gasteiger partial charge >= 0.3 is 6.18 Å². The lowest BCUT2D eigenvalue weighted by molar-refractivity contribution is -0.138. The fourth-order valence-corrected chi connectivity index (χ4v) is 4.99. The van der Waals surface area contributed by atoms with E-state index in [4.69, 9.17) is 5.73 Å². The number of aryl methyl sites for hydroxylation is 2. The smallest absolute Gasteiger partial charge is 0.330 e. The molecule has 2 N–H and O–H groups in total. The second kappa shape index (κ2) is 9.03. The molecule has 1 atom stereocenters. The predicted molar refractivity (Wildman–Crippen MR) is 116 cm³/mol. The Bertz CT molecular complexity index is 1040. The van der Waals surface area contributed by atoms with E-state index in [9.17, 15) is 18.0 Å². The molecule has 0 radical (unpaired) electrons. The van der Waals surface area contributed by atoms with Crippen LogP contribution in [0.3, 0.4) is 0 Å². The summed E-state index contributed by atoms with van der Waals surface area (Å²) in [5, 5.41) is 4.21. The van der Waals surface area contributed by atoms with Gasteiger partial charge in [0.1, 0.15) is 0 Å². The van der Waals surface area contributed by atoms with Crippen LogP contribution in [0.1, 0.15) is 32.1 Å². The largest absolute Gasteiger partial charge is 0.416 e. The van der Waals surface area contributed by atoms with Crippen LogP contribution < -0.4 is 5.73 Å². The van der Waals surface area contributed by atoms with E-state index in [1.165, 1.54) is 23.5 Å². The second-order valence-corrected chi connectivity index (χ2v) is 9.24. The molecule has 3 rings (SSSR count). The summed E-state index contributed by atoms with van der Waals surface area (Å²) in [4.78, 5) is 14.4. The number of rotatable bonds is 7. The Morgan fingerprint density at radius 3 is 2.63 bits per heavy atom. The van der Waals surface area contributed by atoms with Crippen molar-refractivity contribution in [2.75, 3.05) is 6.54 Å². The highest BCUT2D eigenvalue weighted by atomic mass is 79.9. The van der Waals surface area contributed by atoms with Gasteiger partial charge in [-0.05, 0) is 59.4 Å². The number of nitrogens with two attached hydrogens (primary N) is 1. The van der Waals surface area contributed by atoms with E-state index < -0.39 is 11.7 Å². The standard InChI is InChI=1S/C21H21BrF3N3OS/c1-12-15(20-17(22)11-27-28(20)2)9-19(30-12)18(29)8-13(10-26)7-14-5-3-4-6-16(14)21(23,24)25/h3-6,9,11,13H,7-8,10,26H2,1-2H3/t13-/m1/s1. The molecule has 0 bridgehead atoms. The summed E-state index contributed by atoms with van der Waals surface area (Å²) >= 11 is 4.85. The highest BCUT2D eigenvalue weighted by Gasteiger charge is 2.33. The highest BCUT2D eigenvalue weighted by Crippen LogP contribution is 2.36. The number of aromatic nitrogens is 2. The SMILES string of the molecule is Cc1sc(C(=O)C[C@H](CN)Cc2ccccc2C(F)(F)F)cc1-c1c(Br)cnn1C. The lowest BCUT2D eigenvalue weighted by Crippen LogP contribution is -2.22. The summed E-state index contributed by atoms with van der Waals surface area (Å²) in [6.45, 7) is 2.05. The molecule has 0 saturated heterocycles. The van der Waals surface area contributed by atoms with Crippen molar-refractivity contribution < 1.29 is 18.0 Å². The van der Waals surface area contributed by atoms with Gasteiger partial charge in [0.05, 0.1) is 26.8 Å². The number of hydrogen-bond donors (Lipinski definition) is 1. The van der Waals surface area contributed by atoms with Gasteiger partial charge in [-0.15, -0.1) is 11.3 Å². The Morgan fingerprint density at radius 2 is 2.03 bits per heavy atom. The predicted octanol–water partition coefficient (Wildman–Crippen LogP) is 5.63. The van der Waals surface area contributed by atoms with E-state index in [1.54, 1.807) is 16.9 Å². The van der Waals surface area contributed by atoms with Crippen LogP contribution in [-0.2, 0) is 19.6 Å². The Kier molecular flexibility index (Phi) is 6.84. The summed E-state index contributed by atoms with van der Waals surface area (Å²) in [6.07, 6.45) is -2.55. The Morgan fingerprint density at radius 1 is 1.33 bits per heavy atom. The van der Waals surface area contributed by atoms with Crippen LogP contribution in [0.15, 0.2) is 41.0 Å². The highest BCUT2D eigenvalue weighted by molar-refractivity contribution is 9.10. The van der Waals surface area contributed by atoms with Crippen molar-refractivity contribution in [3.8, 4) is 11.3 Å². The number of carbonyl (C=O) groups is 1. The fraction of sp³-hybridized carbons (Fsp3) is 0.333. The summed E-state index contributed by atoms with van der Waals surface area (Å²) < 4.78 is 42.4. The van der Waals surface area contributed by atoms with E-state index in [-0.39, 0.29) is 36.7 Å². The van der Waals surface area contributed by atoms with Crippen molar-refractivity contribution in [1.82, 2.24) is 9.78 Å². The summed E-state index contributed by atoms with van der Waals surface area (Å²) in [6, 6.07) is 7.26. The topological polar surface area (TPSA) is 60.9 Å². The number of benzene rings is 1. The van der Waals surface area contributed by atoms with Crippen molar-refractivity contribution in [2.45, 2.75) is 25.9 Å². The quantitative estimate of drug-likeness (QED) is 0.428. The Balaban J connectivity index is 1.80. The third-order valence-corrected chi connectivity index (χ3v) is 6.65. The van der Waals surface area contributed by atoms with E-state index in [0.29, 0.717) is 4.88 Å². The van der Waals surface area contributed by atoms with Crippen LogP contribution in [0.5, 0.6) is 0 Å². The number of ketones is 1. The first-order valence-corrected chi connectivity index (χ1v) is 10.9. The molecule has 0 aliphatic rings. The lowest BCUT2D eigenvalue weighted by atomic mass is 9.91. The molecule has 4 nitrogen and oxygen atoms in total. The fourth-order valence-electron chi connectivity index (χ4n) is 3.46. The Labute approximate surface area is 185 Å². The minimum Gasteiger partial charge on any atom is -0.330 e. The molecule has 0 amide bonds. The average Bonchev–Trinajstić information content (AvgIpc) is 3.22. The minimum absolute atomic E-state index is 0.0919. The van der Waals surface area contributed by atoms with Crippen LogP contribution >= 0.6 is 27.3 Å². The number of hydrogen-bond acceptors (Lipinski definition) is 4. The first-order chi connectivity index (χ1) is 14.1. The molecule has 1 aromatic carbocycles. The normalized spacial score (nSPS) is 12.9.